The van der Waals surface area contributed by atoms with Crippen molar-refractivity contribution < 1.29 is 14.3 Å². The van der Waals surface area contributed by atoms with Crippen molar-refractivity contribution in [3.05, 3.63) is 86.8 Å². The SMILES string of the molecule is COCCN1C(N)=C(C#N)[C@@H](c2ccc(OCc3ccccc3C#N)c(Cl)c2)C2=C1CC(C)(C)CC2=O. The molecular weight excluding hydrogens is 488 g/mol. The highest BCUT2D eigenvalue weighted by Gasteiger charge is 2.44. The van der Waals surface area contributed by atoms with Crippen LogP contribution < -0.4 is 10.5 Å². The molecule has 0 saturated heterocycles. The first-order chi connectivity index (χ1) is 17.7. The van der Waals surface area contributed by atoms with Gasteiger partial charge in [-0.1, -0.05) is 49.7 Å². The van der Waals surface area contributed by atoms with Crippen LogP contribution in [0.15, 0.2) is 65.1 Å². The van der Waals surface area contributed by atoms with Crippen molar-refractivity contribution in [1.82, 2.24) is 4.90 Å². The fourth-order valence-electron chi connectivity index (χ4n) is 5.07. The summed E-state index contributed by atoms with van der Waals surface area (Å²) in [7, 11) is 1.60. The molecule has 2 N–H and O–H groups in total. The standard InChI is InChI=1S/C29H29ClN4O3/c1-29(2)13-23-27(24(35)14-29)26(21(16-32)28(33)34(23)10-11-36-3)18-8-9-25(22(30)12-18)37-17-20-7-5-4-6-19(20)15-31/h4-9,12,26H,10-11,13-14,17,33H2,1-3H3/t26-/m1/s1. The monoisotopic (exact) mass is 516 g/mol. The number of benzene rings is 2. The van der Waals surface area contributed by atoms with Crippen LogP contribution in [-0.4, -0.2) is 30.9 Å². The van der Waals surface area contributed by atoms with Gasteiger partial charge < -0.3 is 20.1 Å². The van der Waals surface area contributed by atoms with E-state index in [0.29, 0.717) is 64.9 Å². The van der Waals surface area contributed by atoms with Crippen LogP contribution in [0.4, 0.5) is 0 Å². The minimum Gasteiger partial charge on any atom is -0.487 e. The number of ketones is 1. The fraction of sp³-hybridized carbons (Fsp3) is 0.345. The van der Waals surface area contributed by atoms with Gasteiger partial charge in [-0.15, -0.1) is 0 Å². The topological polar surface area (TPSA) is 112 Å². The quantitative estimate of drug-likeness (QED) is 0.539. The van der Waals surface area contributed by atoms with Crippen LogP contribution >= 0.6 is 11.6 Å². The van der Waals surface area contributed by atoms with Gasteiger partial charge in [-0.2, -0.15) is 10.5 Å². The van der Waals surface area contributed by atoms with Gasteiger partial charge in [0.2, 0.25) is 0 Å². The van der Waals surface area contributed by atoms with Gasteiger partial charge in [-0.05, 0) is 35.6 Å². The maximum atomic E-state index is 13.5. The lowest BCUT2D eigenvalue weighted by molar-refractivity contribution is -0.118. The van der Waals surface area contributed by atoms with Crippen molar-refractivity contribution in [2.24, 2.45) is 11.1 Å². The summed E-state index contributed by atoms with van der Waals surface area (Å²) in [5.41, 5.74) is 10.0. The lowest BCUT2D eigenvalue weighted by Gasteiger charge is -2.43. The van der Waals surface area contributed by atoms with E-state index in [4.69, 9.17) is 26.8 Å². The number of Topliss-reactive ketones (excluding diaryl/α,β-unsaturated/α-hetero) is 1. The molecule has 1 aliphatic heterocycles. The third-order valence-electron chi connectivity index (χ3n) is 6.82. The summed E-state index contributed by atoms with van der Waals surface area (Å²) in [5.74, 6) is 0.159. The smallest absolute Gasteiger partial charge is 0.162 e. The maximum Gasteiger partial charge on any atom is 0.162 e. The molecule has 0 aromatic heterocycles. The predicted octanol–water partition coefficient (Wildman–Crippen LogP) is 5.17. The van der Waals surface area contributed by atoms with Crippen LogP contribution in [0, 0.1) is 28.1 Å². The van der Waals surface area contributed by atoms with Crippen LogP contribution in [0.5, 0.6) is 5.75 Å². The van der Waals surface area contributed by atoms with Crippen molar-refractivity contribution in [2.75, 3.05) is 20.3 Å². The zero-order chi connectivity index (χ0) is 26.7. The predicted molar refractivity (Wildman–Crippen MR) is 140 cm³/mol. The molecule has 1 heterocycles. The van der Waals surface area contributed by atoms with E-state index < -0.39 is 5.92 Å². The molecule has 37 heavy (non-hydrogen) atoms. The number of ether oxygens (including phenoxy) is 2. The third-order valence-corrected chi connectivity index (χ3v) is 7.11. The number of allylic oxidation sites excluding steroid dienone is 3. The van der Waals surface area contributed by atoms with E-state index in [2.05, 4.69) is 26.0 Å². The molecule has 0 fully saturated rings. The summed E-state index contributed by atoms with van der Waals surface area (Å²) in [6.07, 6.45) is 1.03. The minimum absolute atomic E-state index is 0.00322. The lowest BCUT2D eigenvalue weighted by Crippen LogP contribution is -2.43. The average Bonchev–Trinajstić information content (AvgIpc) is 2.86. The van der Waals surface area contributed by atoms with E-state index in [0.717, 1.165) is 11.3 Å². The molecule has 7 nitrogen and oxygen atoms in total. The van der Waals surface area contributed by atoms with Gasteiger partial charge in [0.15, 0.2) is 5.78 Å². The zero-order valence-electron chi connectivity index (χ0n) is 21.2. The molecule has 2 aliphatic rings. The van der Waals surface area contributed by atoms with Crippen LogP contribution in [0.2, 0.25) is 5.02 Å². The van der Waals surface area contributed by atoms with Gasteiger partial charge in [-0.3, -0.25) is 4.79 Å². The second-order valence-electron chi connectivity index (χ2n) is 10.0. The highest BCUT2D eigenvalue weighted by Crippen LogP contribution is 2.49. The molecule has 0 saturated carbocycles. The summed E-state index contributed by atoms with van der Waals surface area (Å²) < 4.78 is 11.2. The van der Waals surface area contributed by atoms with Crippen LogP contribution in [0.3, 0.4) is 0 Å². The van der Waals surface area contributed by atoms with Crippen molar-refractivity contribution in [3.63, 3.8) is 0 Å². The maximum absolute atomic E-state index is 13.5. The molecule has 8 heteroatoms. The Balaban J connectivity index is 1.72. The first-order valence-electron chi connectivity index (χ1n) is 12.0. The van der Waals surface area contributed by atoms with Gasteiger partial charge in [0.25, 0.3) is 0 Å². The van der Waals surface area contributed by atoms with Crippen molar-refractivity contribution in [3.8, 4) is 17.9 Å². The lowest BCUT2D eigenvalue weighted by atomic mass is 9.68. The van der Waals surface area contributed by atoms with Gasteiger partial charge in [0.1, 0.15) is 18.2 Å². The van der Waals surface area contributed by atoms with Crippen LogP contribution in [0.25, 0.3) is 0 Å². The molecule has 0 radical (unpaired) electrons. The first kappa shape index (κ1) is 26.3. The summed E-state index contributed by atoms with van der Waals surface area (Å²) in [4.78, 5) is 15.4. The number of methoxy groups -OCH3 is 1. The molecule has 1 atom stereocenters. The van der Waals surface area contributed by atoms with E-state index in [9.17, 15) is 15.3 Å². The minimum atomic E-state index is -0.617. The van der Waals surface area contributed by atoms with Crippen LogP contribution in [0.1, 0.15) is 49.3 Å². The van der Waals surface area contributed by atoms with Crippen molar-refractivity contribution in [2.45, 2.75) is 39.2 Å². The molecule has 1 aliphatic carbocycles. The second kappa shape index (κ2) is 10.7. The Morgan fingerprint density at radius 2 is 1.92 bits per heavy atom. The molecule has 0 unspecified atom stereocenters. The molecule has 0 bridgehead atoms. The van der Waals surface area contributed by atoms with E-state index in [1.807, 2.05) is 23.1 Å². The fourth-order valence-corrected chi connectivity index (χ4v) is 5.31. The molecular formula is C29H29ClN4O3. The van der Waals surface area contributed by atoms with Gasteiger partial charge in [0, 0.05) is 36.9 Å². The number of rotatable bonds is 7. The van der Waals surface area contributed by atoms with Crippen LogP contribution in [-0.2, 0) is 16.1 Å². The highest BCUT2D eigenvalue weighted by atomic mass is 35.5. The molecule has 4 rings (SSSR count). The zero-order valence-corrected chi connectivity index (χ0v) is 21.9. The Labute approximate surface area is 222 Å². The number of hydrogen-bond donors (Lipinski definition) is 1. The Kier molecular flexibility index (Phi) is 7.59. The molecule has 0 amide bonds. The number of halogens is 1. The number of hydrogen-bond acceptors (Lipinski definition) is 7. The summed E-state index contributed by atoms with van der Waals surface area (Å²) in [6.45, 7) is 5.15. The van der Waals surface area contributed by atoms with E-state index in [-0.39, 0.29) is 17.8 Å². The number of nitrogens with zero attached hydrogens (tertiary/aromatic N) is 3. The second-order valence-corrected chi connectivity index (χ2v) is 10.4. The molecule has 0 spiro atoms. The average molecular weight is 517 g/mol. The summed E-state index contributed by atoms with van der Waals surface area (Å²) in [5, 5.41) is 19.8. The number of carbonyl (C=O) groups excluding carboxylic acids is 1. The number of nitriles is 2. The van der Waals surface area contributed by atoms with Crippen molar-refractivity contribution in [1.29, 1.82) is 10.5 Å². The van der Waals surface area contributed by atoms with E-state index in [1.54, 1.807) is 31.4 Å². The van der Waals surface area contributed by atoms with Gasteiger partial charge in [0.05, 0.1) is 40.8 Å². The Morgan fingerprint density at radius 3 is 2.59 bits per heavy atom. The van der Waals surface area contributed by atoms with Gasteiger partial charge in [-0.25, -0.2) is 0 Å². The Bertz CT molecular complexity index is 1380. The molecule has 190 valence electrons. The molecule has 2 aromatic carbocycles. The summed E-state index contributed by atoms with van der Waals surface area (Å²) in [6, 6.07) is 16.9. The highest BCUT2D eigenvalue weighted by molar-refractivity contribution is 6.32. The third kappa shape index (κ3) is 5.20. The van der Waals surface area contributed by atoms with E-state index >= 15 is 0 Å². The van der Waals surface area contributed by atoms with Crippen molar-refractivity contribution >= 4 is 17.4 Å². The summed E-state index contributed by atoms with van der Waals surface area (Å²) >= 11 is 6.62. The first-order valence-corrected chi connectivity index (χ1v) is 12.4. The van der Waals surface area contributed by atoms with E-state index in [1.165, 1.54) is 0 Å². The largest absolute Gasteiger partial charge is 0.487 e. The Hall–Kier alpha value is -3.78. The normalized spacial score (nSPS) is 18.8. The number of carbonyl (C=O) groups is 1. The Morgan fingerprint density at radius 1 is 1.16 bits per heavy atom. The molecule has 2 aromatic rings. The number of nitrogens with two attached hydrogens (primary N) is 1. The van der Waals surface area contributed by atoms with Gasteiger partial charge >= 0.3 is 0 Å².